The lowest BCUT2D eigenvalue weighted by Crippen LogP contribution is -2.52. The molecule has 3 aromatic carbocycles. The van der Waals surface area contributed by atoms with Crippen LogP contribution in [0.15, 0.2) is 42.7 Å². The van der Waals surface area contributed by atoms with Gasteiger partial charge >= 0.3 is 0 Å². The number of carbonyl (C=O) groups is 3. The maximum atomic E-state index is 15.2. The Morgan fingerprint density at radius 2 is 1.91 bits per heavy atom. The highest BCUT2D eigenvalue weighted by Crippen LogP contribution is 2.37. The maximum absolute atomic E-state index is 15.2. The molecule has 10 nitrogen and oxygen atoms in total. The molecule has 0 radical (unpaired) electrons. The van der Waals surface area contributed by atoms with Gasteiger partial charge in [0.05, 0.1) is 33.9 Å². The molecule has 0 spiro atoms. The molecule has 2 N–H and O–H groups in total. The minimum Gasteiger partial charge on any atom is -0.493 e. The molecule has 0 aliphatic carbocycles. The first-order valence-electron chi connectivity index (χ1n) is 13.0. The average molecular weight is 628 g/mol. The quantitative estimate of drug-likeness (QED) is 0.209. The normalized spacial score (nSPS) is 16.3. The largest absolute Gasteiger partial charge is 0.493 e. The second-order valence-corrected chi connectivity index (χ2v) is 10.7. The van der Waals surface area contributed by atoms with Gasteiger partial charge in [-0.2, -0.15) is 0 Å². The van der Waals surface area contributed by atoms with Crippen LogP contribution in [0.3, 0.4) is 0 Å². The fraction of sp³-hybridized carbons (Fsp3) is 0.207. The van der Waals surface area contributed by atoms with Crippen molar-refractivity contribution in [2.75, 3.05) is 12.4 Å². The van der Waals surface area contributed by atoms with Crippen molar-refractivity contribution in [3.8, 4) is 11.5 Å². The number of piperidine rings is 1. The lowest BCUT2D eigenvalue weighted by atomic mass is 10.0. The smallest absolute Gasteiger partial charge is 0.258 e. The highest BCUT2D eigenvalue weighted by Gasteiger charge is 2.40. The van der Waals surface area contributed by atoms with Gasteiger partial charge in [0.2, 0.25) is 11.8 Å². The van der Waals surface area contributed by atoms with Crippen molar-refractivity contribution in [3.05, 3.63) is 81.1 Å². The molecule has 1 aromatic heterocycles. The van der Waals surface area contributed by atoms with Gasteiger partial charge in [-0.15, -0.1) is 0 Å². The van der Waals surface area contributed by atoms with E-state index in [4.69, 9.17) is 32.7 Å². The molecule has 4 aromatic rings. The average Bonchev–Trinajstić information content (AvgIpc) is 3.32. The van der Waals surface area contributed by atoms with Gasteiger partial charge in [0.25, 0.3) is 5.91 Å². The van der Waals surface area contributed by atoms with E-state index in [1.54, 1.807) is 18.2 Å². The summed E-state index contributed by atoms with van der Waals surface area (Å²) in [5.74, 6) is -2.23. The van der Waals surface area contributed by atoms with Gasteiger partial charge in [-0.3, -0.25) is 19.7 Å². The molecule has 1 fully saturated rings. The minimum atomic E-state index is -0.860. The molecule has 2 aliphatic rings. The zero-order valence-electron chi connectivity index (χ0n) is 22.3. The molecule has 43 heavy (non-hydrogen) atoms. The third-order valence-corrected chi connectivity index (χ3v) is 8.02. The van der Waals surface area contributed by atoms with Crippen molar-refractivity contribution in [3.63, 3.8) is 0 Å². The third kappa shape index (κ3) is 5.28. The highest BCUT2D eigenvalue weighted by atomic mass is 35.5. The summed E-state index contributed by atoms with van der Waals surface area (Å²) in [6.07, 6.45) is 1.56. The van der Waals surface area contributed by atoms with Gasteiger partial charge in [-0.25, -0.2) is 18.7 Å². The van der Waals surface area contributed by atoms with Crippen molar-refractivity contribution in [2.24, 2.45) is 0 Å². The molecule has 1 atom stereocenters. The molecule has 6 rings (SSSR count). The van der Waals surface area contributed by atoms with Crippen LogP contribution in [0.2, 0.25) is 10.0 Å². The fourth-order valence-electron chi connectivity index (χ4n) is 5.15. The summed E-state index contributed by atoms with van der Waals surface area (Å²) >= 11 is 11.9. The standard InChI is InChI=1S/C29H21Cl2F2N5O5/c1-42-21-9-19-15(27(35-12-34-19)36-18-3-2-16(30)25(31)26(18)33)8-22(21)43-11-13-6-14-10-38(29(41)24(14)17(32)7-13)20-4-5-23(39)37-28(20)40/h2-3,6-9,12,20H,4-5,10-11H2,1H3,(H,34,35,36)(H,37,39,40). The van der Waals surface area contributed by atoms with Crippen LogP contribution in [0, 0.1) is 11.6 Å². The summed E-state index contributed by atoms with van der Waals surface area (Å²) in [4.78, 5) is 46.6. The van der Waals surface area contributed by atoms with Gasteiger partial charge < -0.3 is 19.7 Å². The van der Waals surface area contributed by atoms with Crippen LogP contribution in [0.1, 0.15) is 34.3 Å². The Labute approximate surface area is 252 Å². The SMILES string of the molecule is COc1cc2ncnc(Nc3ccc(Cl)c(Cl)c3F)c2cc1OCc1cc(F)c2c(c1)CN(C1CCC(=O)NC1=O)C2=O. The third-order valence-electron chi connectivity index (χ3n) is 7.24. The van der Waals surface area contributed by atoms with E-state index < -0.39 is 35.4 Å². The lowest BCUT2D eigenvalue weighted by Gasteiger charge is -2.29. The van der Waals surface area contributed by atoms with Gasteiger partial charge in [0, 0.05) is 24.4 Å². The van der Waals surface area contributed by atoms with Gasteiger partial charge in [-0.1, -0.05) is 23.2 Å². The van der Waals surface area contributed by atoms with E-state index in [1.807, 2.05) is 0 Å². The molecule has 3 amide bonds. The molecular formula is C29H21Cl2F2N5O5. The molecule has 3 heterocycles. The van der Waals surface area contributed by atoms with Crippen molar-refractivity contribution in [1.82, 2.24) is 20.2 Å². The number of halogens is 4. The predicted octanol–water partition coefficient (Wildman–Crippen LogP) is 5.31. The monoisotopic (exact) mass is 627 g/mol. The van der Waals surface area contributed by atoms with Crippen LogP contribution in [0.25, 0.3) is 10.9 Å². The Morgan fingerprint density at radius 1 is 1.09 bits per heavy atom. The molecular weight excluding hydrogens is 607 g/mol. The van der Waals surface area contributed by atoms with Gasteiger partial charge in [0.1, 0.15) is 30.6 Å². The maximum Gasteiger partial charge on any atom is 0.258 e. The van der Waals surface area contributed by atoms with E-state index >= 15 is 4.39 Å². The number of carbonyl (C=O) groups excluding carboxylic acids is 3. The number of methoxy groups -OCH3 is 1. The number of rotatable bonds is 7. The molecule has 2 aliphatic heterocycles. The van der Waals surface area contributed by atoms with Crippen molar-refractivity contribution < 1.29 is 32.6 Å². The number of amides is 3. The number of ether oxygens (including phenoxy) is 2. The molecule has 0 bridgehead atoms. The van der Waals surface area contributed by atoms with Crippen molar-refractivity contribution >= 4 is 63.3 Å². The van der Waals surface area contributed by atoms with E-state index in [1.165, 1.54) is 36.5 Å². The minimum absolute atomic E-state index is 0.0160. The number of nitrogens with one attached hydrogen (secondary N) is 2. The van der Waals surface area contributed by atoms with Crippen LogP contribution in [-0.4, -0.2) is 45.7 Å². The Hall–Kier alpha value is -4.55. The summed E-state index contributed by atoms with van der Waals surface area (Å²) in [5, 5.41) is 5.42. The summed E-state index contributed by atoms with van der Waals surface area (Å²) in [6, 6.07) is 8.06. The van der Waals surface area contributed by atoms with Crippen molar-refractivity contribution in [2.45, 2.75) is 32.0 Å². The number of imide groups is 1. The Bertz CT molecular complexity index is 1840. The van der Waals surface area contributed by atoms with Gasteiger partial charge in [0.15, 0.2) is 17.3 Å². The van der Waals surface area contributed by atoms with Gasteiger partial charge in [-0.05, 0) is 47.9 Å². The van der Waals surface area contributed by atoms with E-state index in [0.29, 0.717) is 27.8 Å². The molecule has 0 saturated carbocycles. The van der Waals surface area contributed by atoms with E-state index in [-0.39, 0.29) is 58.9 Å². The second-order valence-electron chi connectivity index (χ2n) is 9.89. The predicted molar refractivity (Wildman–Crippen MR) is 153 cm³/mol. The summed E-state index contributed by atoms with van der Waals surface area (Å²) in [6.45, 7) is -0.0846. The zero-order valence-corrected chi connectivity index (χ0v) is 23.9. The number of anilines is 2. The van der Waals surface area contributed by atoms with Crippen LogP contribution >= 0.6 is 23.2 Å². The number of nitrogens with zero attached hydrogens (tertiary/aromatic N) is 3. The molecule has 220 valence electrons. The first-order chi connectivity index (χ1) is 20.6. The van der Waals surface area contributed by atoms with E-state index in [9.17, 15) is 18.8 Å². The zero-order chi connectivity index (χ0) is 30.4. The fourth-order valence-corrected chi connectivity index (χ4v) is 5.46. The number of fused-ring (bicyclic) bond motifs is 2. The van der Waals surface area contributed by atoms with Crippen LogP contribution < -0.4 is 20.1 Å². The molecule has 1 unspecified atom stereocenters. The summed E-state index contributed by atoms with van der Waals surface area (Å²) in [7, 11) is 1.45. The lowest BCUT2D eigenvalue weighted by molar-refractivity contribution is -0.136. The number of hydrogen-bond acceptors (Lipinski definition) is 8. The van der Waals surface area contributed by atoms with Crippen LogP contribution in [-0.2, 0) is 22.7 Å². The van der Waals surface area contributed by atoms with Crippen LogP contribution in [0.5, 0.6) is 11.5 Å². The number of hydrogen-bond donors (Lipinski definition) is 2. The number of aromatic nitrogens is 2. The first-order valence-corrected chi connectivity index (χ1v) is 13.7. The Balaban J connectivity index is 1.26. The van der Waals surface area contributed by atoms with E-state index in [2.05, 4.69) is 20.6 Å². The highest BCUT2D eigenvalue weighted by molar-refractivity contribution is 6.42. The summed E-state index contributed by atoms with van der Waals surface area (Å²) in [5.41, 5.74) is 1.23. The van der Waals surface area contributed by atoms with E-state index in [0.717, 1.165) is 0 Å². The Morgan fingerprint density at radius 3 is 2.67 bits per heavy atom. The number of benzene rings is 3. The summed E-state index contributed by atoms with van der Waals surface area (Å²) < 4.78 is 41.4. The topological polar surface area (TPSA) is 123 Å². The Kier molecular flexibility index (Phi) is 7.49. The second kappa shape index (κ2) is 11.3. The molecule has 14 heteroatoms. The van der Waals surface area contributed by atoms with Crippen molar-refractivity contribution in [1.29, 1.82) is 0 Å². The first kappa shape index (κ1) is 28.6. The molecule has 1 saturated heterocycles. The van der Waals surface area contributed by atoms with Crippen LogP contribution in [0.4, 0.5) is 20.3 Å².